The second-order valence-electron chi connectivity index (χ2n) is 8.13. The smallest absolute Gasteiger partial charge is 0.308 e. The van der Waals surface area contributed by atoms with Crippen molar-refractivity contribution < 1.29 is 9.53 Å². The number of nitrogens with zero attached hydrogens (tertiary/aromatic N) is 1. The molecule has 2 aromatic rings. The van der Waals surface area contributed by atoms with E-state index in [0.29, 0.717) is 6.42 Å². The fraction of sp³-hybridized carbons (Fsp3) is 0.400. The van der Waals surface area contributed by atoms with Gasteiger partial charge in [0.05, 0.1) is 6.42 Å². The van der Waals surface area contributed by atoms with Crippen LogP contribution >= 0.6 is 0 Å². The summed E-state index contributed by atoms with van der Waals surface area (Å²) in [5, 5.41) is 0. The largest absolute Gasteiger partial charge is 0.460 e. The van der Waals surface area contributed by atoms with E-state index < -0.39 is 5.60 Å². The zero-order valence-corrected chi connectivity index (χ0v) is 17.8. The van der Waals surface area contributed by atoms with Crippen LogP contribution in [0.2, 0.25) is 0 Å². The average Bonchev–Trinajstić information content (AvgIpc) is 2.65. The standard InChI is InChI=1S/C25H33NO2/c1-6-13-23(18-24(27)28-25(3,4)5)26(19-21-14-9-7-10-15-21)20(2)22-16-11-8-12-17-22/h6-17,20,23H,18-19H2,1-5H3/b13-6+/t20-,23-/m0/s1. The molecule has 0 aliphatic heterocycles. The van der Waals surface area contributed by atoms with Gasteiger partial charge < -0.3 is 4.74 Å². The van der Waals surface area contributed by atoms with E-state index in [0.717, 1.165) is 6.54 Å². The lowest BCUT2D eigenvalue weighted by Gasteiger charge is -2.35. The summed E-state index contributed by atoms with van der Waals surface area (Å²) in [7, 11) is 0. The highest BCUT2D eigenvalue weighted by molar-refractivity contribution is 5.71. The van der Waals surface area contributed by atoms with Crippen LogP contribution in [0.25, 0.3) is 0 Å². The molecule has 0 aliphatic carbocycles. The molecule has 0 aromatic heterocycles. The zero-order valence-electron chi connectivity index (χ0n) is 17.8. The third-order valence-corrected chi connectivity index (χ3v) is 4.62. The maximum absolute atomic E-state index is 12.6. The predicted molar refractivity (Wildman–Crippen MR) is 116 cm³/mol. The van der Waals surface area contributed by atoms with Crippen molar-refractivity contribution in [3.63, 3.8) is 0 Å². The summed E-state index contributed by atoms with van der Waals surface area (Å²) in [6.45, 7) is 10.7. The highest BCUT2D eigenvalue weighted by Crippen LogP contribution is 2.27. The molecule has 3 heteroatoms. The first-order chi connectivity index (χ1) is 13.3. The Morgan fingerprint density at radius 2 is 1.61 bits per heavy atom. The van der Waals surface area contributed by atoms with Crippen molar-refractivity contribution in [2.45, 2.75) is 65.3 Å². The van der Waals surface area contributed by atoms with E-state index in [2.05, 4.69) is 66.4 Å². The van der Waals surface area contributed by atoms with E-state index in [9.17, 15) is 4.79 Å². The van der Waals surface area contributed by atoms with Gasteiger partial charge in [0.25, 0.3) is 0 Å². The molecular weight excluding hydrogens is 346 g/mol. The molecule has 0 bridgehead atoms. The summed E-state index contributed by atoms with van der Waals surface area (Å²) >= 11 is 0. The van der Waals surface area contributed by atoms with Crippen LogP contribution in [0.4, 0.5) is 0 Å². The Labute approximate surface area is 170 Å². The van der Waals surface area contributed by atoms with E-state index in [1.807, 2.05) is 45.9 Å². The van der Waals surface area contributed by atoms with Crippen LogP contribution in [0, 0.1) is 0 Å². The number of esters is 1. The molecule has 3 nitrogen and oxygen atoms in total. The highest BCUT2D eigenvalue weighted by Gasteiger charge is 2.27. The van der Waals surface area contributed by atoms with Crippen LogP contribution in [-0.2, 0) is 16.1 Å². The molecular formula is C25H33NO2. The van der Waals surface area contributed by atoms with Gasteiger partial charge in [0.15, 0.2) is 0 Å². The van der Waals surface area contributed by atoms with Crippen molar-refractivity contribution in [1.29, 1.82) is 0 Å². The zero-order chi connectivity index (χ0) is 20.6. The fourth-order valence-electron chi connectivity index (χ4n) is 3.33. The molecule has 0 amide bonds. The van der Waals surface area contributed by atoms with Crippen molar-refractivity contribution in [1.82, 2.24) is 4.90 Å². The van der Waals surface area contributed by atoms with Crippen LogP contribution in [0.5, 0.6) is 0 Å². The van der Waals surface area contributed by atoms with E-state index in [-0.39, 0.29) is 18.1 Å². The lowest BCUT2D eigenvalue weighted by atomic mass is 10.0. The summed E-state index contributed by atoms with van der Waals surface area (Å²) < 4.78 is 5.60. The number of allylic oxidation sites excluding steroid dienone is 1. The molecule has 0 spiro atoms. The van der Waals surface area contributed by atoms with Gasteiger partial charge in [0, 0.05) is 18.6 Å². The van der Waals surface area contributed by atoms with Gasteiger partial charge in [-0.3, -0.25) is 9.69 Å². The number of benzene rings is 2. The first-order valence-corrected chi connectivity index (χ1v) is 9.99. The van der Waals surface area contributed by atoms with Crippen LogP contribution in [0.3, 0.4) is 0 Å². The summed E-state index contributed by atoms with van der Waals surface area (Å²) in [6, 6.07) is 20.9. The molecule has 150 valence electrons. The van der Waals surface area contributed by atoms with Crippen LogP contribution in [-0.4, -0.2) is 22.5 Å². The molecule has 2 atom stereocenters. The van der Waals surface area contributed by atoms with Crippen LogP contribution in [0.1, 0.15) is 58.2 Å². The van der Waals surface area contributed by atoms with Crippen molar-refractivity contribution >= 4 is 5.97 Å². The number of rotatable bonds is 8. The number of carbonyl (C=O) groups excluding carboxylic acids is 1. The van der Waals surface area contributed by atoms with Gasteiger partial charge in [-0.15, -0.1) is 0 Å². The van der Waals surface area contributed by atoms with Crippen LogP contribution < -0.4 is 0 Å². The Kier molecular flexibility index (Phi) is 8.01. The second-order valence-corrected chi connectivity index (χ2v) is 8.13. The third kappa shape index (κ3) is 6.97. The molecule has 0 radical (unpaired) electrons. The minimum atomic E-state index is -0.479. The highest BCUT2D eigenvalue weighted by atomic mass is 16.6. The lowest BCUT2D eigenvalue weighted by molar-refractivity contribution is -0.156. The molecule has 0 saturated heterocycles. The first kappa shape index (κ1) is 21.9. The van der Waals surface area contributed by atoms with Gasteiger partial charge in [-0.2, -0.15) is 0 Å². The number of ether oxygens (including phenoxy) is 1. The normalized spacial score (nSPS) is 14.2. The number of hydrogen-bond donors (Lipinski definition) is 0. The molecule has 28 heavy (non-hydrogen) atoms. The molecule has 2 aromatic carbocycles. The molecule has 0 heterocycles. The number of carbonyl (C=O) groups is 1. The molecule has 0 fully saturated rings. The monoisotopic (exact) mass is 379 g/mol. The minimum Gasteiger partial charge on any atom is -0.460 e. The van der Waals surface area contributed by atoms with Crippen molar-refractivity contribution in [2.24, 2.45) is 0 Å². The fourth-order valence-corrected chi connectivity index (χ4v) is 3.33. The Hall–Kier alpha value is -2.39. The summed E-state index contributed by atoms with van der Waals surface area (Å²) in [5.41, 5.74) is 1.98. The molecule has 0 N–H and O–H groups in total. The van der Waals surface area contributed by atoms with Crippen molar-refractivity contribution in [2.75, 3.05) is 0 Å². The van der Waals surface area contributed by atoms with E-state index in [1.54, 1.807) is 0 Å². The van der Waals surface area contributed by atoms with Gasteiger partial charge in [0.2, 0.25) is 0 Å². The Morgan fingerprint density at radius 1 is 1.04 bits per heavy atom. The summed E-state index contributed by atoms with van der Waals surface area (Å²) in [4.78, 5) is 14.9. The Morgan fingerprint density at radius 3 is 2.14 bits per heavy atom. The minimum absolute atomic E-state index is 0.0461. The average molecular weight is 380 g/mol. The summed E-state index contributed by atoms with van der Waals surface area (Å²) in [5.74, 6) is -0.172. The SMILES string of the molecule is C/C=C/[C@@H](CC(=O)OC(C)(C)C)N(Cc1ccccc1)[C@@H](C)c1ccccc1. The lowest BCUT2D eigenvalue weighted by Crippen LogP contribution is -2.38. The Bertz CT molecular complexity index is 747. The molecule has 0 aliphatic rings. The predicted octanol–water partition coefficient (Wildman–Crippen LogP) is 5.93. The van der Waals surface area contributed by atoms with Crippen LogP contribution in [0.15, 0.2) is 72.8 Å². The third-order valence-electron chi connectivity index (χ3n) is 4.62. The van der Waals surface area contributed by atoms with Gasteiger partial charge in [-0.1, -0.05) is 72.8 Å². The van der Waals surface area contributed by atoms with Gasteiger partial charge in [0.1, 0.15) is 5.60 Å². The summed E-state index contributed by atoms with van der Waals surface area (Å²) in [6.07, 6.45) is 4.45. The van der Waals surface area contributed by atoms with E-state index in [4.69, 9.17) is 4.74 Å². The molecule has 2 rings (SSSR count). The Balaban J connectivity index is 2.31. The molecule has 0 unspecified atom stereocenters. The van der Waals surface area contributed by atoms with Crippen molar-refractivity contribution in [3.8, 4) is 0 Å². The second kappa shape index (κ2) is 10.2. The molecule has 0 saturated carbocycles. The number of hydrogen-bond acceptors (Lipinski definition) is 3. The quantitative estimate of drug-likeness (QED) is 0.421. The maximum atomic E-state index is 12.6. The van der Waals surface area contributed by atoms with Gasteiger partial charge in [-0.25, -0.2) is 0 Å². The maximum Gasteiger partial charge on any atom is 0.308 e. The topological polar surface area (TPSA) is 29.5 Å². The van der Waals surface area contributed by atoms with E-state index >= 15 is 0 Å². The van der Waals surface area contributed by atoms with Gasteiger partial charge >= 0.3 is 5.97 Å². The van der Waals surface area contributed by atoms with E-state index in [1.165, 1.54) is 11.1 Å². The van der Waals surface area contributed by atoms with Crippen molar-refractivity contribution in [3.05, 3.63) is 83.9 Å². The first-order valence-electron chi connectivity index (χ1n) is 9.99. The van der Waals surface area contributed by atoms with Gasteiger partial charge in [-0.05, 0) is 45.7 Å².